The van der Waals surface area contributed by atoms with Gasteiger partial charge in [-0.15, -0.1) is 24.8 Å². The summed E-state index contributed by atoms with van der Waals surface area (Å²) in [5, 5.41) is 2.99. The minimum absolute atomic E-state index is 0. The maximum atomic E-state index is 12.0. The van der Waals surface area contributed by atoms with E-state index in [0.717, 1.165) is 37.9 Å². The van der Waals surface area contributed by atoms with Gasteiger partial charge < -0.3 is 15.6 Å². The molecule has 1 aromatic heterocycles. The van der Waals surface area contributed by atoms with E-state index in [1.807, 2.05) is 0 Å². The number of amides is 1. The van der Waals surface area contributed by atoms with Crippen molar-refractivity contribution in [2.45, 2.75) is 64.1 Å². The van der Waals surface area contributed by atoms with E-state index in [1.54, 1.807) is 0 Å². The third-order valence-corrected chi connectivity index (χ3v) is 4.59. The summed E-state index contributed by atoms with van der Waals surface area (Å²) in [6.45, 7) is 1.61. The highest BCUT2D eigenvalue weighted by molar-refractivity contribution is 5.85. The van der Waals surface area contributed by atoms with Crippen LogP contribution < -0.4 is 11.1 Å². The number of nitrogens with one attached hydrogen (secondary N) is 1. The van der Waals surface area contributed by atoms with E-state index in [1.165, 1.54) is 18.7 Å². The molecule has 0 bridgehead atoms. The molecule has 1 aliphatic heterocycles. The normalized spacial score (nSPS) is 23.1. The Morgan fingerprint density at radius 1 is 1.32 bits per heavy atom. The maximum Gasteiger partial charge on any atom is 0.220 e. The highest BCUT2D eigenvalue weighted by Gasteiger charge is 2.26. The van der Waals surface area contributed by atoms with Gasteiger partial charge in [0.05, 0.1) is 12.2 Å². The lowest BCUT2D eigenvalue weighted by molar-refractivity contribution is -0.122. The van der Waals surface area contributed by atoms with Crippen LogP contribution in [-0.4, -0.2) is 21.5 Å². The molecule has 7 heteroatoms. The van der Waals surface area contributed by atoms with Crippen molar-refractivity contribution in [2.75, 3.05) is 0 Å². The molecule has 1 aromatic rings. The minimum atomic E-state index is 0. The van der Waals surface area contributed by atoms with Gasteiger partial charge in [-0.25, -0.2) is 4.98 Å². The van der Waals surface area contributed by atoms with Gasteiger partial charge in [0, 0.05) is 31.6 Å². The molecule has 3 N–H and O–H groups in total. The summed E-state index contributed by atoms with van der Waals surface area (Å²) in [5.41, 5.74) is 6.98. The second kappa shape index (κ2) is 8.75. The van der Waals surface area contributed by atoms with Crippen molar-refractivity contribution in [1.29, 1.82) is 0 Å². The Kier molecular flexibility index (Phi) is 7.66. The average molecular weight is 349 g/mol. The summed E-state index contributed by atoms with van der Waals surface area (Å²) in [4.78, 5) is 16.6. The number of aryl methyl sites for hydroxylation is 2. The molecule has 1 amide bonds. The third-order valence-electron chi connectivity index (χ3n) is 4.59. The van der Waals surface area contributed by atoms with Crippen LogP contribution in [0.5, 0.6) is 0 Å². The number of carbonyl (C=O) groups excluding carboxylic acids is 1. The molecule has 1 fully saturated rings. The maximum absolute atomic E-state index is 12.0. The molecule has 2 aliphatic rings. The number of hydrogen-bond acceptors (Lipinski definition) is 3. The molecule has 1 aliphatic carbocycles. The third kappa shape index (κ3) is 4.61. The molecule has 0 unspecified atom stereocenters. The van der Waals surface area contributed by atoms with Crippen LogP contribution in [0.4, 0.5) is 0 Å². The Hall–Kier alpha value is -0.780. The zero-order chi connectivity index (χ0) is 13.9. The van der Waals surface area contributed by atoms with E-state index in [4.69, 9.17) is 5.73 Å². The number of fused-ring (bicyclic) bond motifs is 1. The highest BCUT2D eigenvalue weighted by atomic mass is 35.5. The molecule has 3 rings (SSSR count). The quantitative estimate of drug-likeness (QED) is 0.875. The number of halogens is 2. The van der Waals surface area contributed by atoms with Crippen LogP contribution in [0, 0.1) is 5.92 Å². The highest BCUT2D eigenvalue weighted by Crippen LogP contribution is 2.26. The topological polar surface area (TPSA) is 72.9 Å². The SMILES string of the molecule is Cl.Cl.N[C@@H]1CCC[C@H]1CC(=O)NCc1cn2c(n1)CCCC2. The summed E-state index contributed by atoms with van der Waals surface area (Å²) in [5.74, 6) is 1.64. The van der Waals surface area contributed by atoms with Gasteiger partial charge in [0.2, 0.25) is 5.91 Å². The van der Waals surface area contributed by atoms with Crippen LogP contribution >= 0.6 is 24.8 Å². The van der Waals surface area contributed by atoms with Crippen LogP contribution in [0.15, 0.2) is 6.20 Å². The van der Waals surface area contributed by atoms with E-state index in [9.17, 15) is 4.79 Å². The lowest BCUT2D eigenvalue weighted by atomic mass is 10.00. The van der Waals surface area contributed by atoms with E-state index >= 15 is 0 Å². The molecule has 2 heterocycles. The molecule has 0 aromatic carbocycles. The molecule has 1 saturated carbocycles. The van der Waals surface area contributed by atoms with Gasteiger partial charge in [-0.3, -0.25) is 4.79 Å². The van der Waals surface area contributed by atoms with Gasteiger partial charge >= 0.3 is 0 Å². The van der Waals surface area contributed by atoms with Crippen LogP contribution in [0.2, 0.25) is 0 Å². The van der Waals surface area contributed by atoms with Crippen molar-refractivity contribution in [2.24, 2.45) is 11.7 Å². The summed E-state index contributed by atoms with van der Waals surface area (Å²) in [6.07, 6.45) is 9.47. The average Bonchev–Trinajstić information content (AvgIpc) is 3.03. The van der Waals surface area contributed by atoms with Crippen molar-refractivity contribution in [3.05, 3.63) is 17.7 Å². The fraction of sp³-hybridized carbons (Fsp3) is 0.733. The Morgan fingerprint density at radius 3 is 2.82 bits per heavy atom. The zero-order valence-corrected chi connectivity index (χ0v) is 14.4. The first-order chi connectivity index (χ1) is 9.72. The second-order valence-corrected chi connectivity index (χ2v) is 6.13. The van der Waals surface area contributed by atoms with Gasteiger partial charge in [-0.2, -0.15) is 0 Å². The fourth-order valence-electron chi connectivity index (χ4n) is 3.38. The molecule has 5 nitrogen and oxygen atoms in total. The first-order valence-corrected chi connectivity index (χ1v) is 7.79. The lowest BCUT2D eigenvalue weighted by Gasteiger charge is -2.14. The first kappa shape index (κ1) is 19.3. The van der Waals surface area contributed by atoms with Gasteiger partial charge in [0.1, 0.15) is 5.82 Å². The predicted molar refractivity (Wildman–Crippen MR) is 91.4 cm³/mol. The predicted octanol–water partition coefficient (Wildman–Crippen LogP) is 2.20. The summed E-state index contributed by atoms with van der Waals surface area (Å²) >= 11 is 0. The van der Waals surface area contributed by atoms with Crippen molar-refractivity contribution in [3.8, 4) is 0 Å². The van der Waals surface area contributed by atoms with Crippen molar-refractivity contribution >= 4 is 30.7 Å². The Labute approximate surface area is 144 Å². The molecule has 2 atom stereocenters. The van der Waals surface area contributed by atoms with E-state index < -0.39 is 0 Å². The van der Waals surface area contributed by atoms with Crippen LogP contribution in [-0.2, 0) is 24.3 Å². The van der Waals surface area contributed by atoms with Crippen molar-refractivity contribution < 1.29 is 4.79 Å². The standard InChI is InChI=1S/C15H24N4O.2ClH/c16-13-5-3-4-11(13)8-15(20)17-9-12-10-19-7-2-1-6-14(19)18-12;;/h10-11,13H,1-9,16H2,(H,17,20);2*1H/t11-,13+;;/m0../s1. The van der Waals surface area contributed by atoms with Crippen LogP contribution in [0.1, 0.15) is 50.0 Å². The summed E-state index contributed by atoms with van der Waals surface area (Å²) in [6, 6.07) is 0.209. The lowest BCUT2D eigenvalue weighted by Crippen LogP contribution is -2.31. The number of nitrogens with two attached hydrogens (primary N) is 1. The van der Waals surface area contributed by atoms with Crippen LogP contribution in [0.3, 0.4) is 0 Å². The van der Waals surface area contributed by atoms with Gasteiger partial charge in [0.15, 0.2) is 0 Å². The summed E-state index contributed by atoms with van der Waals surface area (Å²) in [7, 11) is 0. The summed E-state index contributed by atoms with van der Waals surface area (Å²) < 4.78 is 2.22. The first-order valence-electron chi connectivity index (χ1n) is 7.79. The molecule has 126 valence electrons. The molecule has 0 radical (unpaired) electrons. The van der Waals surface area contributed by atoms with Crippen molar-refractivity contribution in [1.82, 2.24) is 14.9 Å². The van der Waals surface area contributed by atoms with Gasteiger partial charge in [-0.05, 0) is 31.6 Å². The number of hydrogen-bond donors (Lipinski definition) is 2. The monoisotopic (exact) mass is 348 g/mol. The number of imidazole rings is 1. The molecular weight excluding hydrogens is 323 g/mol. The number of rotatable bonds is 4. The van der Waals surface area contributed by atoms with Gasteiger partial charge in [0.25, 0.3) is 0 Å². The van der Waals surface area contributed by atoms with E-state index in [-0.39, 0.29) is 36.8 Å². The number of carbonyl (C=O) groups is 1. The number of nitrogens with zero attached hydrogens (tertiary/aromatic N) is 2. The Bertz CT molecular complexity index is 468. The zero-order valence-electron chi connectivity index (χ0n) is 12.8. The van der Waals surface area contributed by atoms with Crippen molar-refractivity contribution in [3.63, 3.8) is 0 Å². The largest absolute Gasteiger partial charge is 0.350 e. The number of aromatic nitrogens is 2. The fourth-order valence-corrected chi connectivity index (χ4v) is 3.38. The molecule has 0 spiro atoms. The molecule has 0 saturated heterocycles. The molecule has 22 heavy (non-hydrogen) atoms. The van der Waals surface area contributed by atoms with E-state index in [2.05, 4.69) is 21.1 Å². The molecular formula is C15H26Cl2N4O. The smallest absolute Gasteiger partial charge is 0.220 e. The minimum Gasteiger partial charge on any atom is -0.350 e. The van der Waals surface area contributed by atoms with E-state index in [0.29, 0.717) is 18.9 Å². The Balaban J connectivity index is 0.00000121. The van der Waals surface area contributed by atoms with Crippen LogP contribution in [0.25, 0.3) is 0 Å². The second-order valence-electron chi connectivity index (χ2n) is 6.13. The van der Waals surface area contributed by atoms with Gasteiger partial charge in [-0.1, -0.05) is 6.42 Å². The Morgan fingerprint density at radius 2 is 2.14 bits per heavy atom.